The number of benzene rings is 1. The number of aromatic nitrogens is 4. The Morgan fingerprint density at radius 1 is 1.03 bits per heavy atom. The van der Waals surface area contributed by atoms with Crippen molar-refractivity contribution in [1.29, 1.82) is 0 Å². The Morgan fingerprint density at radius 2 is 1.72 bits per heavy atom. The maximum Gasteiger partial charge on any atom is 0.481 e. The van der Waals surface area contributed by atoms with E-state index in [-0.39, 0.29) is 55.1 Å². The van der Waals surface area contributed by atoms with Gasteiger partial charge in [-0.15, -0.1) is 0 Å². The Labute approximate surface area is 426 Å². The Morgan fingerprint density at radius 3 is 2.40 bits per heavy atom. The molecule has 75 heavy (non-hydrogen) atoms. The topological polar surface area (TPSA) is 496 Å². The lowest BCUT2D eigenvalue weighted by Crippen LogP contribution is -2.46. The molecule has 1 saturated heterocycles. The number of anilines is 2. The van der Waals surface area contributed by atoms with Gasteiger partial charge in [0.15, 0.2) is 30.0 Å². The quantitative estimate of drug-likeness (QED) is 0.0216. The van der Waals surface area contributed by atoms with Crippen LogP contribution in [0.1, 0.15) is 38.5 Å². The number of nitrogen functional groups attached to an aromatic ring is 1. The molecule has 15 N–H and O–H groups in total. The second-order valence-electron chi connectivity index (χ2n) is 17.3. The number of thioether (sulfide) groups is 1. The van der Waals surface area contributed by atoms with Crippen LogP contribution in [-0.4, -0.2) is 168 Å². The van der Waals surface area contributed by atoms with Crippen LogP contribution < -0.4 is 25.8 Å². The lowest BCUT2D eigenvalue weighted by molar-refractivity contribution is -0.745. The lowest BCUT2D eigenvalue weighted by atomic mass is 9.87. The molecule has 1 fully saturated rings. The first-order valence-corrected chi connectivity index (χ1v) is 27.3. The maximum atomic E-state index is 13.1. The number of phenolic OH excluding ortho intramolecular Hbond substituents is 2. The highest BCUT2D eigenvalue weighted by Gasteiger charge is 2.52. The number of hydrogen-bond acceptors (Lipinski definition) is 23. The van der Waals surface area contributed by atoms with Gasteiger partial charge >= 0.3 is 41.1 Å². The third-order valence-electron chi connectivity index (χ3n) is 11.3. The van der Waals surface area contributed by atoms with Crippen LogP contribution in [0.2, 0.25) is 0 Å². The number of dihydropyridines is 1. The van der Waals surface area contributed by atoms with Gasteiger partial charge in [-0.25, -0.2) is 27.9 Å². The molecule has 0 spiro atoms. The monoisotopic (exact) mass is 1140 g/mol. The van der Waals surface area contributed by atoms with Crippen LogP contribution >= 0.6 is 35.2 Å². The molecule has 6 rings (SSSR count). The summed E-state index contributed by atoms with van der Waals surface area (Å²) in [7, 11) is -16.6. The molecule has 3 aliphatic heterocycles. The Balaban J connectivity index is 0.915. The zero-order chi connectivity index (χ0) is 55.4. The molecule has 0 bridgehead atoms. The van der Waals surface area contributed by atoms with E-state index in [9.17, 15) is 87.9 Å². The molecule has 410 valence electrons. The lowest BCUT2D eigenvalue weighted by Gasteiger charge is -2.30. The minimum absolute atomic E-state index is 0.00608. The van der Waals surface area contributed by atoms with E-state index < -0.39 is 131 Å². The van der Waals surface area contributed by atoms with Gasteiger partial charge in [-0.3, -0.25) is 37.9 Å². The molecule has 7 unspecified atom stereocenters. The fraction of sp³-hybridized carbons (Fsp3) is 0.462. The van der Waals surface area contributed by atoms with Crippen molar-refractivity contribution in [3.8, 4) is 11.5 Å². The number of carbonyl (C=O) groups is 5. The molecule has 32 nitrogen and oxygen atoms in total. The third-order valence-corrected chi connectivity index (χ3v) is 15.3. The summed E-state index contributed by atoms with van der Waals surface area (Å²) in [6, 6.07) is 0.154. The molecule has 2 aromatic heterocycles. The predicted molar refractivity (Wildman–Crippen MR) is 254 cm³/mol. The van der Waals surface area contributed by atoms with Crippen LogP contribution in [-0.2, 0) is 66.7 Å². The largest absolute Gasteiger partial charge is 0.504 e. The number of allylic oxidation sites excluding steroid dienone is 1. The summed E-state index contributed by atoms with van der Waals surface area (Å²) in [5.74, 6) is -5.23. The molecule has 2 amide bonds. The number of nitrogens with two attached hydrogens (primary N) is 1. The SMILES string of the molecule is CC(C)(COP(=O)(O)OP(=O)(O)OCC1OC([n+]2c[nH]c3c(N)ncnc32)C(O)C1OP(=O)(O)O)C(O)C(=O)NCCC(=O)NCCSC(=O)[C@@H]1CC(/C=C\N2c3cc(O)c(O)cc3C[C@H]2C(=O)O)=CC(C(=O)O)=N1. The summed E-state index contributed by atoms with van der Waals surface area (Å²) in [5.41, 5.74) is 4.94. The Bertz CT molecular complexity index is 2950. The molecule has 3 aromatic rings. The van der Waals surface area contributed by atoms with Crippen molar-refractivity contribution in [3.05, 3.63) is 54.3 Å². The van der Waals surface area contributed by atoms with Crippen molar-refractivity contribution < 1.29 is 115 Å². The number of nitrogens with one attached hydrogen (secondary N) is 3. The van der Waals surface area contributed by atoms with Crippen LogP contribution in [0.3, 0.4) is 0 Å². The van der Waals surface area contributed by atoms with E-state index in [1.165, 1.54) is 55.6 Å². The number of carboxylic acid groups (broad SMARTS) is 2. The summed E-state index contributed by atoms with van der Waals surface area (Å²) in [6.07, 6.45) is -3.25. The summed E-state index contributed by atoms with van der Waals surface area (Å²) in [6.45, 7) is -0.129. The molecule has 0 aliphatic carbocycles. The van der Waals surface area contributed by atoms with Crippen molar-refractivity contribution in [3.63, 3.8) is 0 Å². The number of nitrogens with zero attached hydrogens (tertiary/aromatic N) is 5. The number of hydrogen-bond donors (Lipinski definition) is 14. The summed E-state index contributed by atoms with van der Waals surface area (Å²) in [4.78, 5) is 118. The van der Waals surface area contributed by atoms with Gasteiger partial charge in [-0.1, -0.05) is 30.6 Å². The van der Waals surface area contributed by atoms with E-state index in [1.807, 2.05) is 0 Å². The van der Waals surface area contributed by atoms with Gasteiger partial charge in [0.05, 0.1) is 13.2 Å². The Kier molecular flexibility index (Phi) is 18.5. The average molecular weight is 1140 g/mol. The number of aliphatic hydroxyl groups is 2. The van der Waals surface area contributed by atoms with Crippen LogP contribution in [0.15, 0.2) is 53.7 Å². The van der Waals surface area contributed by atoms with Crippen LogP contribution in [0, 0.1) is 5.41 Å². The van der Waals surface area contributed by atoms with E-state index in [2.05, 4.69) is 39.4 Å². The number of aliphatic hydroxyl groups excluding tert-OH is 2. The summed E-state index contributed by atoms with van der Waals surface area (Å²) >= 11 is 0.744. The van der Waals surface area contributed by atoms with Gasteiger partial charge in [-0.2, -0.15) is 9.29 Å². The number of phosphoric ester groups is 3. The van der Waals surface area contributed by atoms with Gasteiger partial charge in [0.1, 0.15) is 42.2 Å². The number of aromatic hydroxyl groups is 2. The number of phenols is 2. The van der Waals surface area contributed by atoms with E-state index >= 15 is 0 Å². The van der Waals surface area contributed by atoms with E-state index in [0.717, 1.165) is 22.7 Å². The minimum Gasteiger partial charge on any atom is -0.504 e. The van der Waals surface area contributed by atoms with Crippen LogP contribution in [0.4, 0.5) is 11.5 Å². The number of aliphatic carboxylic acids is 2. The van der Waals surface area contributed by atoms with Crippen LogP contribution in [0.5, 0.6) is 11.5 Å². The first-order chi connectivity index (χ1) is 35.0. The average Bonchev–Trinajstić information content (AvgIpc) is 4.00. The van der Waals surface area contributed by atoms with Crippen molar-refractivity contribution in [2.45, 2.75) is 75.8 Å². The molecule has 0 radical (unpaired) electrons. The number of rotatable bonds is 24. The Hall–Kier alpha value is -5.73. The highest BCUT2D eigenvalue weighted by atomic mass is 32.2. The number of carboxylic acids is 2. The number of phosphoric acid groups is 3. The number of fused-ring (bicyclic) bond motifs is 2. The summed E-state index contributed by atoms with van der Waals surface area (Å²) in [5, 5.41) is 65.3. The molecule has 0 saturated carbocycles. The van der Waals surface area contributed by atoms with Gasteiger partial charge in [0.2, 0.25) is 28.7 Å². The minimum atomic E-state index is -5.64. The smallest absolute Gasteiger partial charge is 0.481 e. The number of H-pyrrole nitrogens is 1. The van der Waals surface area contributed by atoms with E-state index in [0.29, 0.717) is 16.8 Å². The van der Waals surface area contributed by atoms with E-state index in [1.54, 1.807) is 0 Å². The maximum absolute atomic E-state index is 13.1. The number of carbonyl (C=O) groups excluding carboxylic acids is 3. The molecule has 3 aliphatic rings. The van der Waals surface area contributed by atoms with Gasteiger partial charge in [-0.05, 0) is 29.4 Å². The zero-order valence-electron chi connectivity index (χ0n) is 39.1. The second-order valence-corrected chi connectivity index (χ2v) is 22.6. The van der Waals surface area contributed by atoms with Crippen molar-refractivity contribution in [1.82, 2.24) is 25.6 Å². The zero-order valence-corrected chi connectivity index (χ0v) is 42.6. The molecule has 36 heteroatoms. The van der Waals surface area contributed by atoms with Crippen molar-refractivity contribution in [2.24, 2.45) is 10.4 Å². The fourth-order valence-corrected chi connectivity index (χ4v) is 11.1. The molecular formula is C39H51N9O23P3S+. The fourth-order valence-electron chi connectivity index (χ4n) is 7.57. The number of amides is 2. The first-order valence-electron chi connectivity index (χ1n) is 21.8. The van der Waals surface area contributed by atoms with Gasteiger partial charge in [0, 0.05) is 61.5 Å². The third kappa shape index (κ3) is 15.0. The normalized spacial score (nSPS) is 23.0. The number of ether oxygens (including phenoxy) is 1. The predicted octanol–water partition coefficient (Wildman–Crippen LogP) is -1.25. The first kappa shape index (κ1) is 58.5. The molecule has 5 heterocycles. The number of aliphatic imine (C=N–C) groups is 1. The summed E-state index contributed by atoms with van der Waals surface area (Å²) < 4.78 is 62.6. The van der Waals surface area contributed by atoms with Gasteiger partial charge < -0.3 is 76.2 Å². The highest BCUT2D eigenvalue weighted by Crippen LogP contribution is 2.61. The molecule has 1 aromatic carbocycles. The highest BCUT2D eigenvalue weighted by molar-refractivity contribution is 8.13. The van der Waals surface area contributed by atoms with Crippen LogP contribution in [0.25, 0.3) is 11.2 Å². The van der Waals surface area contributed by atoms with Crippen molar-refractivity contribution in [2.75, 3.05) is 42.7 Å². The van der Waals surface area contributed by atoms with E-state index in [4.69, 9.17) is 19.5 Å². The van der Waals surface area contributed by atoms with Crippen molar-refractivity contribution >= 4 is 92.5 Å². The standard InChI is InChI=1S/C39H50N9O23P3S/c1-39(2,15-68-74(65,66)71-73(63,64)67-14-26-30(70-72(60,61)62)29(52)35(69-26)48-17-45-28-32(40)43-16-44-33(28)48)31(53)34(54)42-5-3-27(51)41-6-8-75-38(59)21-10-18(9-20(46-21)36(55)56)4-7-47-22-13-25(50)24(49)12-19(22)11-23(47)37(57)58/h4,7,9,12-13,16-17,21,23,26,29-31,35,52-53H,3,5-6,8,10-11,14-15H2,1-2H3,(H12,40,41,42,43,44,49,50,51,54,55,56,57,58,60,61,62,63,64,65,66)/p+1/b7-4-/t21-,23-,26?,29?,30?,31?,35?/m0/s1. The number of imidazole rings is 1. The molecular weight excluding hydrogens is 1090 g/mol. The van der Waals surface area contributed by atoms with Gasteiger partial charge in [0.25, 0.3) is 0 Å². The second kappa shape index (κ2) is 23.7. The number of aromatic amines is 1. The molecule has 9 atom stereocenters.